The van der Waals surface area contributed by atoms with Gasteiger partial charge in [-0.25, -0.2) is 0 Å². The summed E-state index contributed by atoms with van der Waals surface area (Å²) in [6.07, 6.45) is 8.26. The van der Waals surface area contributed by atoms with Crippen LogP contribution in [0.25, 0.3) is 0 Å². The number of carbonyl (C=O) groups excluding carboxylic acids is 1. The normalized spacial score (nSPS) is 14.8. The molecule has 0 fully saturated rings. The second-order valence-corrected chi connectivity index (χ2v) is 4.68. The molecule has 0 rings (SSSR count). The average Bonchev–Trinajstić information content (AvgIpc) is 2.41. The Morgan fingerprint density at radius 3 is 2.26 bits per heavy atom. The van der Waals surface area contributed by atoms with Crippen molar-refractivity contribution in [2.24, 2.45) is 4.99 Å². The lowest BCUT2D eigenvalue weighted by atomic mass is 9.96. The van der Waals surface area contributed by atoms with Crippen LogP contribution in [-0.4, -0.2) is 19.0 Å². The second kappa shape index (κ2) is 9.48. The molecule has 0 radical (unpaired) electrons. The quantitative estimate of drug-likeness (QED) is 0.372. The Morgan fingerprint density at radius 2 is 1.84 bits per heavy atom. The highest BCUT2D eigenvalue weighted by molar-refractivity contribution is 5.99. The summed E-state index contributed by atoms with van der Waals surface area (Å²) in [7, 11) is 1.76. The summed E-state index contributed by atoms with van der Waals surface area (Å²) in [5.41, 5.74) is 4.17. The van der Waals surface area contributed by atoms with E-state index < -0.39 is 0 Å². The number of rotatable bonds is 7. The van der Waals surface area contributed by atoms with Crippen molar-refractivity contribution >= 4 is 12.0 Å². The molecule has 0 aliphatic rings. The van der Waals surface area contributed by atoms with Gasteiger partial charge >= 0.3 is 0 Å². The summed E-state index contributed by atoms with van der Waals surface area (Å²) in [6.45, 7) is 10.2. The standard InChI is InChI=1S/C17H27NO/c1-7-10-17(19)16(13(4)8-2)11-14(5)15(9-3)12-18-6/h9,11-12H,7-8,10H2,1-6H3/b14-11-,15-9-,16-13+,18-12-. The maximum absolute atomic E-state index is 12.2. The fourth-order valence-corrected chi connectivity index (χ4v) is 1.84. The molecule has 19 heavy (non-hydrogen) atoms. The molecule has 0 saturated heterocycles. The van der Waals surface area contributed by atoms with E-state index in [9.17, 15) is 4.79 Å². The van der Waals surface area contributed by atoms with Crippen molar-refractivity contribution in [3.63, 3.8) is 0 Å². The van der Waals surface area contributed by atoms with Gasteiger partial charge in [0.2, 0.25) is 0 Å². The highest BCUT2D eigenvalue weighted by Crippen LogP contribution is 2.18. The van der Waals surface area contributed by atoms with E-state index in [1.54, 1.807) is 7.05 Å². The summed E-state index contributed by atoms with van der Waals surface area (Å²) < 4.78 is 0. The van der Waals surface area contributed by atoms with Crippen LogP contribution in [0.4, 0.5) is 0 Å². The van der Waals surface area contributed by atoms with Crippen LogP contribution in [0.5, 0.6) is 0 Å². The van der Waals surface area contributed by atoms with Crippen molar-refractivity contribution in [2.45, 2.75) is 53.9 Å². The van der Waals surface area contributed by atoms with Crippen LogP contribution in [0.3, 0.4) is 0 Å². The van der Waals surface area contributed by atoms with E-state index in [0.717, 1.165) is 35.1 Å². The number of ketones is 1. The van der Waals surface area contributed by atoms with Crippen molar-refractivity contribution in [2.75, 3.05) is 7.05 Å². The second-order valence-electron chi connectivity index (χ2n) is 4.68. The van der Waals surface area contributed by atoms with Crippen molar-refractivity contribution in [3.8, 4) is 0 Å². The van der Waals surface area contributed by atoms with Gasteiger partial charge in [0, 0.05) is 25.3 Å². The van der Waals surface area contributed by atoms with E-state index in [1.807, 2.05) is 46.1 Å². The molecule has 0 aromatic heterocycles. The zero-order valence-corrected chi connectivity index (χ0v) is 13.2. The molecule has 0 aliphatic carbocycles. The molecule has 0 heterocycles. The minimum atomic E-state index is 0.241. The van der Waals surface area contributed by atoms with Crippen LogP contribution in [0.2, 0.25) is 0 Å². The van der Waals surface area contributed by atoms with Crippen LogP contribution < -0.4 is 0 Å². The van der Waals surface area contributed by atoms with Crippen LogP contribution in [-0.2, 0) is 4.79 Å². The molecular formula is C17H27NO. The Bertz CT molecular complexity index is 423. The summed E-state index contributed by atoms with van der Waals surface area (Å²) >= 11 is 0. The monoisotopic (exact) mass is 261 g/mol. The molecule has 0 spiro atoms. The largest absolute Gasteiger partial charge is 0.296 e. The van der Waals surface area contributed by atoms with Gasteiger partial charge in [-0.15, -0.1) is 0 Å². The van der Waals surface area contributed by atoms with Gasteiger partial charge in [0.15, 0.2) is 5.78 Å². The molecule has 0 aliphatic heterocycles. The van der Waals surface area contributed by atoms with Crippen molar-refractivity contribution in [1.82, 2.24) is 0 Å². The zero-order chi connectivity index (χ0) is 14.8. The molecule has 0 saturated carbocycles. The molecule has 2 heteroatoms. The summed E-state index contributed by atoms with van der Waals surface area (Å²) in [5.74, 6) is 0.241. The molecular weight excluding hydrogens is 234 g/mol. The van der Waals surface area contributed by atoms with E-state index in [2.05, 4.69) is 11.9 Å². The Labute approximate surface area is 118 Å². The number of hydrogen-bond acceptors (Lipinski definition) is 2. The molecule has 0 aromatic carbocycles. The molecule has 0 amide bonds. The molecule has 0 bridgehead atoms. The molecule has 0 N–H and O–H groups in total. The highest BCUT2D eigenvalue weighted by atomic mass is 16.1. The van der Waals surface area contributed by atoms with Crippen molar-refractivity contribution in [3.05, 3.63) is 34.4 Å². The first-order valence-electron chi connectivity index (χ1n) is 7.01. The lowest BCUT2D eigenvalue weighted by Gasteiger charge is -2.08. The van der Waals surface area contributed by atoms with Crippen LogP contribution >= 0.6 is 0 Å². The molecule has 0 atom stereocenters. The Balaban J connectivity index is 5.50. The van der Waals surface area contributed by atoms with Crippen LogP contribution in [0.1, 0.15) is 53.9 Å². The number of nitrogens with zero attached hydrogens (tertiary/aromatic N) is 1. The van der Waals surface area contributed by atoms with Crippen molar-refractivity contribution < 1.29 is 4.79 Å². The molecule has 106 valence electrons. The summed E-state index contributed by atoms with van der Waals surface area (Å²) in [6, 6.07) is 0. The maximum atomic E-state index is 12.2. The number of aliphatic imine (C=N–C) groups is 1. The van der Waals surface area contributed by atoms with Crippen LogP contribution in [0, 0.1) is 0 Å². The van der Waals surface area contributed by atoms with Crippen LogP contribution in [0.15, 0.2) is 39.4 Å². The zero-order valence-electron chi connectivity index (χ0n) is 13.2. The van der Waals surface area contributed by atoms with Gasteiger partial charge in [0.1, 0.15) is 0 Å². The predicted octanol–water partition coefficient (Wildman–Crippen LogP) is 4.68. The fraction of sp³-hybridized carbons (Fsp3) is 0.529. The maximum Gasteiger partial charge on any atom is 0.162 e. The fourth-order valence-electron chi connectivity index (χ4n) is 1.84. The van der Waals surface area contributed by atoms with Gasteiger partial charge < -0.3 is 0 Å². The van der Waals surface area contributed by atoms with E-state index in [4.69, 9.17) is 0 Å². The van der Waals surface area contributed by atoms with Gasteiger partial charge in [-0.05, 0) is 50.8 Å². The lowest BCUT2D eigenvalue weighted by molar-refractivity contribution is -0.115. The topological polar surface area (TPSA) is 29.4 Å². The number of carbonyl (C=O) groups is 1. The first-order chi connectivity index (χ1) is 9.01. The SMILES string of the molecule is C/C=C(/C=N\C)C(\C)=C/C(C(=O)CCC)=C(/C)CC. The van der Waals surface area contributed by atoms with E-state index in [-0.39, 0.29) is 5.78 Å². The highest BCUT2D eigenvalue weighted by Gasteiger charge is 2.10. The molecule has 2 nitrogen and oxygen atoms in total. The first-order valence-corrected chi connectivity index (χ1v) is 7.01. The summed E-state index contributed by atoms with van der Waals surface area (Å²) in [5, 5.41) is 0. The van der Waals surface area contributed by atoms with E-state index >= 15 is 0 Å². The third kappa shape index (κ3) is 5.82. The summed E-state index contributed by atoms with van der Waals surface area (Å²) in [4.78, 5) is 16.2. The van der Waals surface area contributed by atoms with Gasteiger partial charge in [-0.3, -0.25) is 9.79 Å². The number of Topliss-reactive ketones (excluding diaryl/α,β-unsaturated/α-hetero) is 1. The predicted molar refractivity (Wildman–Crippen MR) is 84.8 cm³/mol. The smallest absolute Gasteiger partial charge is 0.162 e. The van der Waals surface area contributed by atoms with Gasteiger partial charge in [0.05, 0.1) is 0 Å². The van der Waals surface area contributed by atoms with Crippen molar-refractivity contribution in [1.29, 1.82) is 0 Å². The third-order valence-electron chi connectivity index (χ3n) is 3.16. The van der Waals surface area contributed by atoms with E-state index in [1.165, 1.54) is 0 Å². The molecule has 0 unspecified atom stereocenters. The van der Waals surface area contributed by atoms with Gasteiger partial charge in [0.25, 0.3) is 0 Å². The third-order valence-corrected chi connectivity index (χ3v) is 3.16. The molecule has 0 aromatic rings. The lowest BCUT2D eigenvalue weighted by Crippen LogP contribution is -2.04. The Kier molecular flexibility index (Phi) is 8.77. The minimum Gasteiger partial charge on any atom is -0.296 e. The number of allylic oxidation sites excluding steroid dienone is 6. The first kappa shape index (κ1) is 17.6. The van der Waals surface area contributed by atoms with Gasteiger partial charge in [-0.2, -0.15) is 0 Å². The number of hydrogen-bond donors (Lipinski definition) is 0. The average molecular weight is 261 g/mol. The Morgan fingerprint density at radius 1 is 1.21 bits per heavy atom. The van der Waals surface area contributed by atoms with E-state index in [0.29, 0.717) is 6.42 Å². The Hall–Kier alpha value is -1.44. The minimum absolute atomic E-state index is 0.241. The van der Waals surface area contributed by atoms with Gasteiger partial charge in [-0.1, -0.05) is 25.5 Å².